The van der Waals surface area contributed by atoms with Gasteiger partial charge in [-0.2, -0.15) is 13.2 Å². The van der Waals surface area contributed by atoms with Gasteiger partial charge < -0.3 is 14.2 Å². The van der Waals surface area contributed by atoms with Crippen LogP contribution in [0.15, 0.2) is 57.5 Å². The van der Waals surface area contributed by atoms with Crippen LogP contribution in [0.1, 0.15) is 31.0 Å². The standard InChI is InChI=1S/C26H21Cl2F3N2O5S/c1-4-37-21-16(28)10-13(11-17(21)36-3)12-18-23(34)33-20(14-6-8-15(27)9-7-14)19(24(35)38-5-2)22(26(29,30)31)32-25(33)39-18/h6-12,20H,4-5H2,1-3H3/b18-12-/t20-/m1/s1. The lowest BCUT2D eigenvalue weighted by Gasteiger charge is -2.26. The summed E-state index contributed by atoms with van der Waals surface area (Å²) in [7, 11) is 1.42. The molecule has 1 aliphatic rings. The number of ether oxygens (including phenoxy) is 3. The summed E-state index contributed by atoms with van der Waals surface area (Å²) in [6.45, 7) is 3.41. The van der Waals surface area contributed by atoms with E-state index in [0.717, 1.165) is 15.9 Å². The van der Waals surface area contributed by atoms with Crippen molar-refractivity contribution in [2.75, 3.05) is 20.3 Å². The van der Waals surface area contributed by atoms with Crippen LogP contribution < -0.4 is 24.4 Å². The molecule has 2 aromatic carbocycles. The molecule has 0 spiro atoms. The molecule has 0 N–H and O–H groups in total. The molecule has 0 aliphatic carbocycles. The summed E-state index contributed by atoms with van der Waals surface area (Å²) < 4.78 is 59.6. The van der Waals surface area contributed by atoms with Crippen molar-refractivity contribution in [2.24, 2.45) is 4.99 Å². The maximum Gasteiger partial charge on any atom is 0.434 e. The molecule has 206 valence electrons. The third-order valence-electron chi connectivity index (χ3n) is 5.62. The van der Waals surface area contributed by atoms with Gasteiger partial charge in [0.2, 0.25) is 0 Å². The van der Waals surface area contributed by atoms with E-state index >= 15 is 0 Å². The number of hydrogen-bond acceptors (Lipinski definition) is 7. The molecule has 0 saturated heterocycles. The third kappa shape index (κ3) is 5.70. The number of benzene rings is 2. The van der Waals surface area contributed by atoms with E-state index in [1.165, 1.54) is 50.4 Å². The van der Waals surface area contributed by atoms with Crippen molar-refractivity contribution in [2.45, 2.75) is 26.1 Å². The number of carbonyl (C=O) groups is 1. The number of rotatable bonds is 7. The molecule has 3 aromatic rings. The van der Waals surface area contributed by atoms with Crippen molar-refractivity contribution < 1.29 is 32.2 Å². The van der Waals surface area contributed by atoms with Gasteiger partial charge in [-0.05, 0) is 55.3 Å². The van der Waals surface area contributed by atoms with Crippen molar-refractivity contribution in [1.29, 1.82) is 0 Å². The van der Waals surface area contributed by atoms with E-state index in [9.17, 15) is 22.8 Å². The first-order valence-corrected chi connectivity index (χ1v) is 13.1. The minimum atomic E-state index is -5.00. The molecule has 0 radical (unpaired) electrons. The summed E-state index contributed by atoms with van der Waals surface area (Å²) in [6, 6.07) is 7.45. The number of fused-ring (bicyclic) bond motifs is 1. The van der Waals surface area contributed by atoms with Crippen LogP contribution in [0.5, 0.6) is 11.5 Å². The zero-order valence-corrected chi connectivity index (χ0v) is 23.1. The van der Waals surface area contributed by atoms with Gasteiger partial charge in [0.25, 0.3) is 5.56 Å². The molecule has 0 bridgehead atoms. The Labute approximate surface area is 234 Å². The number of hydrogen-bond donors (Lipinski definition) is 0. The smallest absolute Gasteiger partial charge is 0.434 e. The average Bonchev–Trinajstić information content (AvgIpc) is 3.19. The van der Waals surface area contributed by atoms with E-state index in [2.05, 4.69) is 4.99 Å². The van der Waals surface area contributed by atoms with Crippen LogP contribution in [0.4, 0.5) is 13.2 Å². The SMILES string of the molecule is CCOC(=O)C1=C(C(F)(F)F)N=c2s/c(=C\c3cc(Cl)c(OCC)c(OC)c3)c(=O)n2[C@@H]1c1ccc(Cl)cc1. The molecular weight excluding hydrogens is 580 g/mol. The summed E-state index contributed by atoms with van der Waals surface area (Å²) in [4.78, 5) is 30.0. The summed E-state index contributed by atoms with van der Waals surface area (Å²) in [5.41, 5.74) is -2.23. The molecule has 0 fully saturated rings. The lowest BCUT2D eigenvalue weighted by Crippen LogP contribution is -2.41. The molecule has 0 amide bonds. The van der Waals surface area contributed by atoms with E-state index < -0.39 is 35.0 Å². The van der Waals surface area contributed by atoms with Crippen LogP contribution in [0.3, 0.4) is 0 Å². The van der Waals surface area contributed by atoms with Crippen molar-refractivity contribution in [3.8, 4) is 11.5 Å². The minimum absolute atomic E-state index is 0.0571. The van der Waals surface area contributed by atoms with Gasteiger partial charge in [0.15, 0.2) is 22.0 Å². The zero-order chi connectivity index (χ0) is 28.5. The van der Waals surface area contributed by atoms with Crippen molar-refractivity contribution in [3.63, 3.8) is 0 Å². The monoisotopic (exact) mass is 600 g/mol. The van der Waals surface area contributed by atoms with Crippen LogP contribution in [-0.2, 0) is 9.53 Å². The topological polar surface area (TPSA) is 79.1 Å². The van der Waals surface area contributed by atoms with Gasteiger partial charge in [-0.15, -0.1) is 0 Å². The second kappa shape index (κ2) is 11.4. The number of nitrogens with zero attached hydrogens (tertiary/aromatic N) is 2. The number of alkyl halides is 3. The third-order valence-corrected chi connectivity index (χ3v) is 7.13. The number of esters is 1. The van der Waals surface area contributed by atoms with Crippen LogP contribution >= 0.6 is 34.5 Å². The van der Waals surface area contributed by atoms with E-state index in [1.807, 2.05) is 0 Å². The van der Waals surface area contributed by atoms with Crippen LogP contribution in [0, 0.1) is 0 Å². The summed E-state index contributed by atoms with van der Waals surface area (Å²) in [6.07, 6.45) is -3.55. The fourth-order valence-electron chi connectivity index (χ4n) is 4.06. The Morgan fingerprint density at radius 1 is 1.15 bits per heavy atom. The second-order valence-corrected chi connectivity index (χ2v) is 9.93. The first-order valence-electron chi connectivity index (χ1n) is 11.6. The number of methoxy groups -OCH3 is 1. The molecule has 13 heteroatoms. The highest BCUT2D eigenvalue weighted by atomic mass is 35.5. The number of allylic oxidation sites excluding steroid dienone is 1. The maximum absolute atomic E-state index is 14.2. The van der Waals surface area contributed by atoms with Gasteiger partial charge in [0, 0.05) is 5.02 Å². The number of thiazole rings is 1. The molecular formula is C26H21Cl2F3N2O5S. The Kier molecular flexibility index (Phi) is 8.43. The molecule has 39 heavy (non-hydrogen) atoms. The summed E-state index contributed by atoms with van der Waals surface area (Å²) in [5.74, 6) is -0.603. The first-order chi connectivity index (χ1) is 18.5. The van der Waals surface area contributed by atoms with Crippen molar-refractivity contribution >= 4 is 46.6 Å². The molecule has 2 heterocycles. The van der Waals surface area contributed by atoms with Crippen molar-refractivity contribution in [1.82, 2.24) is 4.57 Å². The molecule has 1 aliphatic heterocycles. The second-order valence-electron chi connectivity index (χ2n) is 8.08. The quantitative estimate of drug-likeness (QED) is 0.354. The predicted octanol–water partition coefficient (Wildman–Crippen LogP) is 5.05. The van der Waals surface area contributed by atoms with Crippen LogP contribution in [0.2, 0.25) is 10.0 Å². The minimum Gasteiger partial charge on any atom is -0.493 e. The van der Waals surface area contributed by atoms with Gasteiger partial charge in [-0.25, -0.2) is 9.79 Å². The summed E-state index contributed by atoms with van der Waals surface area (Å²) >= 11 is 13.1. The van der Waals surface area contributed by atoms with Crippen molar-refractivity contribution in [3.05, 3.63) is 88.5 Å². The fraction of sp³-hybridized carbons (Fsp3) is 0.269. The fourth-order valence-corrected chi connectivity index (χ4v) is 5.46. The zero-order valence-electron chi connectivity index (χ0n) is 20.8. The molecule has 1 atom stereocenters. The molecule has 1 aromatic heterocycles. The Morgan fingerprint density at radius 3 is 2.44 bits per heavy atom. The van der Waals surface area contributed by atoms with Gasteiger partial charge in [-0.1, -0.05) is 46.7 Å². The Hall–Kier alpha value is -3.28. The first kappa shape index (κ1) is 28.7. The molecule has 0 saturated carbocycles. The molecule has 7 nitrogen and oxygen atoms in total. The largest absolute Gasteiger partial charge is 0.493 e. The van der Waals surface area contributed by atoms with E-state index in [4.69, 9.17) is 37.4 Å². The highest BCUT2D eigenvalue weighted by Gasteiger charge is 2.45. The van der Waals surface area contributed by atoms with Gasteiger partial charge in [0.05, 0.1) is 41.5 Å². The van der Waals surface area contributed by atoms with E-state index in [0.29, 0.717) is 28.7 Å². The maximum atomic E-state index is 14.2. The number of halogens is 5. The molecule has 0 unspecified atom stereocenters. The molecule has 4 rings (SSSR count). The van der Waals surface area contributed by atoms with E-state index in [-0.39, 0.29) is 26.5 Å². The van der Waals surface area contributed by atoms with Crippen LogP contribution in [0.25, 0.3) is 6.08 Å². The van der Waals surface area contributed by atoms with E-state index in [1.54, 1.807) is 13.0 Å². The summed E-state index contributed by atoms with van der Waals surface area (Å²) in [5, 5.41) is 0.545. The van der Waals surface area contributed by atoms with Gasteiger partial charge >= 0.3 is 12.1 Å². The van der Waals surface area contributed by atoms with Crippen LogP contribution in [-0.4, -0.2) is 37.0 Å². The lowest BCUT2D eigenvalue weighted by atomic mass is 9.95. The van der Waals surface area contributed by atoms with Gasteiger partial charge in [0.1, 0.15) is 0 Å². The Balaban J connectivity index is 2.01. The lowest BCUT2D eigenvalue weighted by molar-refractivity contribution is -0.140. The highest BCUT2D eigenvalue weighted by Crippen LogP contribution is 2.39. The normalized spacial score (nSPS) is 15.6. The predicted molar refractivity (Wildman–Crippen MR) is 141 cm³/mol. The number of carbonyl (C=O) groups excluding carboxylic acids is 1. The Morgan fingerprint density at radius 2 is 1.85 bits per heavy atom. The highest BCUT2D eigenvalue weighted by molar-refractivity contribution is 7.07. The van der Waals surface area contributed by atoms with Gasteiger partial charge in [-0.3, -0.25) is 9.36 Å². The Bertz CT molecular complexity index is 1630. The average molecular weight is 601 g/mol. The number of aromatic nitrogens is 1.